The third-order valence-electron chi connectivity index (χ3n) is 6.84. The van der Waals surface area contributed by atoms with E-state index in [1.165, 1.54) is 0 Å². The lowest BCUT2D eigenvalue weighted by Gasteiger charge is -2.27. The molecule has 3 aromatic carbocycles. The van der Waals surface area contributed by atoms with Crippen LogP contribution in [0.25, 0.3) is 0 Å². The van der Waals surface area contributed by atoms with E-state index in [1.54, 1.807) is 36.4 Å². The maximum absolute atomic E-state index is 12.9. The van der Waals surface area contributed by atoms with Crippen molar-refractivity contribution in [1.29, 1.82) is 5.26 Å². The van der Waals surface area contributed by atoms with Gasteiger partial charge in [0.05, 0.1) is 31.3 Å². The minimum atomic E-state index is -0.527. The Labute approximate surface area is 247 Å². The van der Waals surface area contributed by atoms with E-state index in [0.717, 1.165) is 37.7 Å². The van der Waals surface area contributed by atoms with Crippen molar-refractivity contribution in [2.45, 2.75) is 58.8 Å². The fourth-order valence-corrected chi connectivity index (χ4v) is 4.68. The van der Waals surface area contributed by atoms with Gasteiger partial charge >= 0.3 is 5.97 Å². The number of ether oxygens (including phenoxy) is 5. The number of rotatable bonds is 14. The number of fused-ring (bicyclic) bond motifs is 1. The number of allylic oxidation sites excluding steroid dienone is 1. The molecular formula is C34H38N2O6. The second-order valence-corrected chi connectivity index (χ2v) is 9.94. The Balaban J connectivity index is 1.59. The Morgan fingerprint density at radius 1 is 0.881 bits per heavy atom. The Kier molecular flexibility index (Phi) is 10.7. The summed E-state index contributed by atoms with van der Waals surface area (Å²) >= 11 is 0. The largest absolute Gasteiger partial charge is 0.494 e. The second-order valence-electron chi connectivity index (χ2n) is 9.94. The van der Waals surface area contributed by atoms with Crippen LogP contribution in [0.15, 0.2) is 72.1 Å². The van der Waals surface area contributed by atoms with Gasteiger partial charge in [0.25, 0.3) is 0 Å². The standard InChI is InChI=1S/C34H38N2O6/c1-4-7-9-18-40-29-16-13-23(20-31(29)38-6-3)32-27-15-14-26(21-30(27)42-33(36)28(32)22-35)41-34(37)24-11-10-12-25(19-24)39-17-8-5-2/h10-16,19-21,32H,4-9,17-18,36H2,1-3H3. The van der Waals surface area contributed by atoms with Crippen LogP contribution in [0.4, 0.5) is 0 Å². The number of hydrogen-bond donors (Lipinski definition) is 1. The fraction of sp³-hybridized carbons (Fsp3) is 0.353. The van der Waals surface area contributed by atoms with Crippen molar-refractivity contribution in [2.75, 3.05) is 19.8 Å². The lowest BCUT2D eigenvalue weighted by Crippen LogP contribution is -2.21. The summed E-state index contributed by atoms with van der Waals surface area (Å²) in [5.41, 5.74) is 8.38. The van der Waals surface area contributed by atoms with Crippen LogP contribution in [0.5, 0.6) is 28.7 Å². The minimum absolute atomic E-state index is 0.00624. The number of nitrogens with zero attached hydrogens (tertiary/aromatic N) is 1. The van der Waals surface area contributed by atoms with Crippen molar-refractivity contribution < 1.29 is 28.5 Å². The normalized spacial score (nSPS) is 13.9. The number of unbranched alkanes of at least 4 members (excludes halogenated alkanes) is 3. The van der Waals surface area contributed by atoms with Crippen molar-refractivity contribution in [1.82, 2.24) is 0 Å². The van der Waals surface area contributed by atoms with Gasteiger partial charge in [-0.1, -0.05) is 51.3 Å². The van der Waals surface area contributed by atoms with Gasteiger partial charge in [0.1, 0.15) is 28.9 Å². The molecule has 1 aliphatic heterocycles. The van der Waals surface area contributed by atoms with Gasteiger partial charge in [0.2, 0.25) is 5.88 Å². The molecule has 0 bridgehead atoms. The van der Waals surface area contributed by atoms with Crippen LogP contribution in [0.3, 0.4) is 0 Å². The fourth-order valence-electron chi connectivity index (χ4n) is 4.68. The average Bonchev–Trinajstić information content (AvgIpc) is 2.99. The highest BCUT2D eigenvalue weighted by Crippen LogP contribution is 2.45. The summed E-state index contributed by atoms with van der Waals surface area (Å²) in [4.78, 5) is 12.9. The summed E-state index contributed by atoms with van der Waals surface area (Å²) in [5.74, 6) is 1.51. The number of benzene rings is 3. The van der Waals surface area contributed by atoms with Gasteiger partial charge in [-0.15, -0.1) is 0 Å². The summed E-state index contributed by atoms with van der Waals surface area (Å²) in [6.45, 7) is 7.79. The molecule has 8 nitrogen and oxygen atoms in total. The number of hydrogen-bond acceptors (Lipinski definition) is 8. The van der Waals surface area contributed by atoms with Gasteiger partial charge in [0.15, 0.2) is 11.5 Å². The minimum Gasteiger partial charge on any atom is -0.494 e. The first-order valence-electron chi connectivity index (χ1n) is 14.5. The first-order valence-corrected chi connectivity index (χ1v) is 14.5. The van der Waals surface area contributed by atoms with Crippen LogP contribution < -0.4 is 29.4 Å². The molecule has 1 atom stereocenters. The summed E-state index contributed by atoms with van der Waals surface area (Å²) in [6.07, 6.45) is 5.11. The van der Waals surface area contributed by atoms with Crippen molar-refractivity contribution in [3.05, 3.63) is 88.8 Å². The molecule has 1 heterocycles. The molecule has 1 aliphatic rings. The second kappa shape index (κ2) is 14.8. The van der Waals surface area contributed by atoms with Crippen LogP contribution in [0.1, 0.15) is 80.3 Å². The van der Waals surface area contributed by atoms with Gasteiger partial charge < -0.3 is 29.4 Å². The molecule has 0 aromatic heterocycles. The summed E-state index contributed by atoms with van der Waals surface area (Å²) in [5, 5.41) is 10.00. The quantitative estimate of drug-likeness (QED) is 0.122. The molecular weight excluding hydrogens is 532 g/mol. The first-order chi connectivity index (χ1) is 20.5. The molecule has 4 rings (SSSR count). The first kappa shape index (κ1) is 30.3. The van der Waals surface area contributed by atoms with E-state index in [0.29, 0.717) is 53.9 Å². The molecule has 0 saturated carbocycles. The molecule has 3 aromatic rings. The Bertz CT molecular complexity index is 1460. The molecule has 0 spiro atoms. The summed E-state index contributed by atoms with van der Waals surface area (Å²) < 4.78 is 29.1. The molecule has 220 valence electrons. The number of nitriles is 1. The zero-order chi connectivity index (χ0) is 29.9. The van der Waals surface area contributed by atoms with E-state index in [9.17, 15) is 10.1 Å². The van der Waals surface area contributed by atoms with Crippen LogP contribution >= 0.6 is 0 Å². The third-order valence-corrected chi connectivity index (χ3v) is 6.84. The molecule has 0 aliphatic carbocycles. The number of nitrogens with two attached hydrogens (primary N) is 1. The Morgan fingerprint density at radius 3 is 2.45 bits per heavy atom. The highest BCUT2D eigenvalue weighted by molar-refractivity contribution is 5.91. The monoisotopic (exact) mass is 570 g/mol. The third kappa shape index (κ3) is 7.35. The van der Waals surface area contributed by atoms with E-state index >= 15 is 0 Å². The number of esters is 1. The lowest BCUT2D eigenvalue weighted by atomic mass is 9.83. The van der Waals surface area contributed by atoms with E-state index in [2.05, 4.69) is 19.9 Å². The highest BCUT2D eigenvalue weighted by Gasteiger charge is 2.32. The molecule has 1 unspecified atom stereocenters. The van der Waals surface area contributed by atoms with Crippen LogP contribution in [0, 0.1) is 11.3 Å². The molecule has 42 heavy (non-hydrogen) atoms. The molecule has 0 radical (unpaired) electrons. The smallest absolute Gasteiger partial charge is 0.343 e. The van der Waals surface area contributed by atoms with Crippen molar-refractivity contribution in [3.63, 3.8) is 0 Å². The zero-order valence-corrected chi connectivity index (χ0v) is 24.5. The van der Waals surface area contributed by atoms with Crippen LogP contribution in [-0.2, 0) is 0 Å². The van der Waals surface area contributed by atoms with E-state index < -0.39 is 11.9 Å². The van der Waals surface area contributed by atoms with Crippen LogP contribution in [-0.4, -0.2) is 25.8 Å². The van der Waals surface area contributed by atoms with Gasteiger partial charge in [-0.05, 0) is 61.7 Å². The van der Waals surface area contributed by atoms with Crippen molar-refractivity contribution in [2.24, 2.45) is 5.73 Å². The molecule has 0 fully saturated rings. The SMILES string of the molecule is CCCCCOc1ccc(C2C(C#N)=C(N)Oc3cc(OC(=O)c4cccc(OCCCC)c4)ccc32)cc1OCC. The topological polar surface area (TPSA) is 113 Å². The molecule has 8 heteroatoms. The molecule has 2 N–H and O–H groups in total. The molecule has 0 amide bonds. The Morgan fingerprint density at radius 2 is 1.69 bits per heavy atom. The van der Waals surface area contributed by atoms with Crippen molar-refractivity contribution in [3.8, 4) is 34.8 Å². The average molecular weight is 571 g/mol. The van der Waals surface area contributed by atoms with E-state index in [-0.39, 0.29) is 17.2 Å². The summed E-state index contributed by atoms with van der Waals surface area (Å²) in [6, 6.07) is 19.8. The number of carbonyl (C=O) groups excluding carboxylic acids is 1. The zero-order valence-electron chi connectivity index (χ0n) is 24.5. The van der Waals surface area contributed by atoms with E-state index in [1.807, 2.05) is 31.2 Å². The lowest BCUT2D eigenvalue weighted by molar-refractivity contribution is 0.0734. The predicted octanol–water partition coefficient (Wildman–Crippen LogP) is 7.27. The highest BCUT2D eigenvalue weighted by atomic mass is 16.5. The van der Waals surface area contributed by atoms with Crippen molar-refractivity contribution >= 4 is 5.97 Å². The van der Waals surface area contributed by atoms with Gasteiger partial charge in [-0.3, -0.25) is 0 Å². The van der Waals surface area contributed by atoms with Gasteiger partial charge in [-0.25, -0.2) is 4.79 Å². The van der Waals surface area contributed by atoms with E-state index in [4.69, 9.17) is 29.4 Å². The van der Waals surface area contributed by atoms with Gasteiger partial charge in [-0.2, -0.15) is 5.26 Å². The molecule has 0 saturated heterocycles. The Hall–Kier alpha value is -4.64. The predicted molar refractivity (Wildman–Crippen MR) is 160 cm³/mol. The maximum Gasteiger partial charge on any atom is 0.343 e. The van der Waals surface area contributed by atoms with Crippen LogP contribution in [0.2, 0.25) is 0 Å². The number of carbonyl (C=O) groups is 1. The van der Waals surface area contributed by atoms with Gasteiger partial charge in [0, 0.05) is 11.6 Å². The summed E-state index contributed by atoms with van der Waals surface area (Å²) in [7, 11) is 0. The maximum atomic E-state index is 12.9.